The molecule has 2 aromatic carbocycles. The third kappa shape index (κ3) is 3.71. The Morgan fingerprint density at radius 3 is 2.50 bits per heavy atom. The van der Waals surface area contributed by atoms with Crippen LogP contribution in [0.2, 0.25) is 0 Å². The minimum atomic E-state index is -0.684. The number of hydrazine groups is 2. The van der Waals surface area contributed by atoms with Crippen LogP contribution in [-0.2, 0) is 0 Å². The largest absolute Gasteiger partial charge is 0.497 e. The number of methoxy groups -OCH3 is 1. The average molecular weight is 456 g/mol. The minimum Gasteiger partial charge on any atom is -0.497 e. The maximum absolute atomic E-state index is 13.4. The first-order chi connectivity index (χ1) is 16.6. The lowest BCUT2D eigenvalue weighted by Crippen LogP contribution is -2.44. The van der Waals surface area contributed by atoms with Gasteiger partial charge in [0.05, 0.1) is 30.1 Å². The van der Waals surface area contributed by atoms with E-state index in [1.165, 1.54) is 24.5 Å². The van der Waals surface area contributed by atoms with Crippen LogP contribution < -0.4 is 31.8 Å². The highest BCUT2D eigenvalue weighted by atomic mass is 16.5. The molecule has 0 spiro atoms. The molecule has 3 aromatic rings. The van der Waals surface area contributed by atoms with Crippen molar-refractivity contribution in [3.8, 4) is 5.75 Å². The fourth-order valence-corrected chi connectivity index (χ4v) is 4.04. The third-order valence-corrected chi connectivity index (χ3v) is 5.64. The van der Waals surface area contributed by atoms with E-state index in [0.29, 0.717) is 33.8 Å². The molecule has 34 heavy (non-hydrogen) atoms. The number of urea groups is 1. The molecule has 170 valence electrons. The molecule has 3 amide bonds. The quantitative estimate of drug-likeness (QED) is 0.381. The Morgan fingerprint density at radius 1 is 1.00 bits per heavy atom. The number of aromatic nitrogens is 1. The lowest BCUT2D eigenvalue weighted by atomic mass is 10.0. The zero-order chi connectivity index (χ0) is 23.7. The zero-order valence-corrected chi connectivity index (χ0v) is 18.0. The predicted octanol–water partition coefficient (Wildman–Crippen LogP) is 2.31. The molecule has 1 atom stereocenters. The van der Waals surface area contributed by atoms with Gasteiger partial charge in [-0.3, -0.25) is 20.0 Å². The summed E-state index contributed by atoms with van der Waals surface area (Å²) in [6.07, 6.45) is 2.95. The van der Waals surface area contributed by atoms with Crippen molar-refractivity contribution in [3.05, 3.63) is 94.8 Å². The number of nitrogens with one attached hydrogen (secondary N) is 5. The van der Waals surface area contributed by atoms with Crippen LogP contribution in [0.15, 0.2) is 72.6 Å². The topological polar surface area (TPSA) is 133 Å². The molecule has 2 aliphatic rings. The number of benzene rings is 2. The predicted molar refractivity (Wildman–Crippen MR) is 124 cm³/mol. The van der Waals surface area contributed by atoms with Gasteiger partial charge in [0.25, 0.3) is 5.91 Å². The summed E-state index contributed by atoms with van der Waals surface area (Å²) in [5, 5.41) is 2.65. The highest BCUT2D eigenvalue weighted by Gasteiger charge is 2.42. The summed E-state index contributed by atoms with van der Waals surface area (Å²) in [6, 6.07) is 14.6. The molecular weight excluding hydrogens is 436 g/mol. The summed E-state index contributed by atoms with van der Waals surface area (Å²) in [4.78, 5) is 41.8. The van der Waals surface area contributed by atoms with Crippen LogP contribution in [0, 0.1) is 0 Å². The van der Waals surface area contributed by atoms with Gasteiger partial charge in [0.1, 0.15) is 5.75 Å². The van der Waals surface area contributed by atoms with Crippen molar-refractivity contribution in [1.29, 1.82) is 0 Å². The highest BCUT2D eigenvalue weighted by molar-refractivity contribution is 6.22. The molecule has 0 saturated heterocycles. The normalized spacial score (nSPS) is 15.8. The number of hydrogen-bond donors (Lipinski definition) is 5. The third-order valence-electron chi connectivity index (χ3n) is 5.64. The Balaban J connectivity index is 1.35. The summed E-state index contributed by atoms with van der Waals surface area (Å²) < 4.78 is 5.21. The Bertz CT molecular complexity index is 1320. The first kappa shape index (κ1) is 21.2. The highest BCUT2D eigenvalue weighted by Crippen LogP contribution is 2.44. The first-order valence-corrected chi connectivity index (χ1v) is 10.4. The Labute approximate surface area is 194 Å². The number of carbonyl (C=O) groups excluding carboxylic acids is 3. The van der Waals surface area contributed by atoms with Crippen molar-refractivity contribution in [2.24, 2.45) is 0 Å². The van der Waals surface area contributed by atoms with E-state index in [0.717, 1.165) is 11.1 Å². The van der Waals surface area contributed by atoms with E-state index in [9.17, 15) is 14.4 Å². The molecule has 5 rings (SSSR count). The number of anilines is 1. The van der Waals surface area contributed by atoms with Gasteiger partial charge in [0, 0.05) is 23.5 Å². The monoisotopic (exact) mass is 456 g/mol. The van der Waals surface area contributed by atoms with Crippen LogP contribution in [0.5, 0.6) is 5.75 Å². The molecule has 1 unspecified atom stereocenters. The Morgan fingerprint density at radius 2 is 1.76 bits per heavy atom. The number of ether oxygens (including phenoxy) is 1. The molecule has 1 aliphatic heterocycles. The summed E-state index contributed by atoms with van der Waals surface area (Å²) in [5.74, 6) is 0.0254. The number of Topliss-reactive ketones (excluding diaryl/α,β-unsaturated/α-hetero) is 1. The van der Waals surface area contributed by atoms with Crippen LogP contribution in [0.25, 0.3) is 5.70 Å². The molecule has 10 nitrogen and oxygen atoms in total. The SMILES string of the molecule is COc1ccc(C2=C3C(=O)c4c(NC(=O)NNC(=O)c5ccncc5)cccc4C3NN2)cc1. The number of rotatable bonds is 4. The van der Waals surface area contributed by atoms with E-state index in [1.54, 1.807) is 19.2 Å². The molecule has 0 fully saturated rings. The maximum Gasteiger partial charge on any atom is 0.337 e. The van der Waals surface area contributed by atoms with Gasteiger partial charge in [-0.25, -0.2) is 15.6 Å². The summed E-state index contributed by atoms with van der Waals surface area (Å²) in [6.45, 7) is 0. The van der Waals surface area contributed by atoms with Crippen molar-refractivity contribution in [2.75, 3.05) is 12.4 Å². The fraction of sp³-hybridized carbons (Fsp3) is 0.0833. The lowest BCUT2D eigenvalue weighted by molar-refractivity contribution is 0.0937. The van der Waals surface area contributed by atoms with Crippen molar-refractivity contribution in [1.82, 2.24) is 26.7 Å². The van der Waals surface area contributed by atoms with E-state index in [1.807, 2.05) is 30.3 Å². The number of nitrogens with zero attached hydrogens (tertiary/aromatic N) is 1. The second kappa shape index (κ2) is 8.68. The summed E-state index contributed by atoms with van der Waals surface area (Å²) in [7, 11) is 1.59. The number of hydrogen-bond acceptors (Lipinski definition) is 7. The molecule has 0 bridgehead atoms. The number of pyridine rings is 1. The number of carbonyl (C=O) groups is 3. The van der Waals surface area contributed by atoms with Gasteiger partial charge in [0.2, 0.25) is 0 Å². The first-order valence-electron chi connectivity index (χ1n) is 10.4. The molecule has 0 saturated carbocycles. The van der Waals surface area contributed by atoms with Gasteiger partial charge >= 0.3 is 6.03 Å². The Kier molecular flexibility index (Phi) is 5.40. The van der Waals surface area contributed by atoms with Crippen molar-refractivity contribution < 1.29 is 19.1 Å². The van der Waals surface area contributed by atoms with E-state index in [2.05, 4.69) is 32.0 Å². The maximum atomic E-state index is 13.4. The van der Waals surface area contributed by atoms with E-state index in [4.69, 9.17) is 4.74 Å². The van der Waals surface area contributed by atoms with E-state index < -0.39 is 11.9 Å². The molecule has 0 radical (unpaired) electrons. The molecule has 1 aliphatic carbocycles. The van der Waals surface area contributed by atoms with Crippen LogP contribution in [0.3, 0.4) is 0 Å². The average Bonchev–Trinajstić information content (AvgIpc) is 3.43. The second-order valence-corrected chi connectivity index (χ2v) is 7.59. The zero-order valence-electron chi connectivity index (χ0n) is 18.0. The molecule has 10 heteroatoms. The van der Waals surface area contributed by atoms with Gasteiger partial charge in [-0.15, -0.1) is 0 Å². The number of ketones is 1. The van der Waals surface area contributed by atoms with Crippen molar-refractivity contribution >= 4 is 29.1 Å². The van der Waals surface area contributed by atoms with E-state index >= 15 is 0 Å². The van der Waals surface area contributed by atoms with Gasteiger partial charge in [-0.1, -0.05) is 12.1 Å². The molecular formula is C24H20N6O4. The van der Waals surface area contributed by atoms with Crippen LogP contribution in [0.4, 0.5) is 10.5 Å². The lowest BCUT2D eigenvalue weighted by Gasteiger charge is -2.13. The van der Waals surface area contributed by atoms with Crippen LogP contribution in [-0.4, -0.2) is 29.8 Å². The van der Waals surface area contributed by atoms with Gasteiger partial charge in [-0.2, -0.15) is 0 Å². The smallest absolute Gasteiger partial charge is 0.337 e. The number of amides is 3. The summed E-state index contributed by atoms with van der Waals surface area (Å²) in [5.41, 5.74) is 14.8. The van der Waals surface area contributed by atoms with Crippen molar-refractivity contribution in [3.63, 3.8) is 0 Å². The second-order valence-electron chi connectivity index (χ2n) is 7.59. The van der Waals surface area contributed by atoms with Gasteiger partial charge in [0.15, 0.2) is 5.78 Å². The minimum absolute atomic E-state index is 0.194. The van der Waals surface area contributed by atoms with Crippen LogP contribution in [0.1, 0.15) is 37.9 Å². The standard InChI is InChI=1S/C24H20N6O4/c1-34-15-7-5-13(6-8-15)20-19-21(28-27-20)16-3-2-4-17(18(16)22(19)31)26-24(33)30-29-23(32)14-9-11-25-12-10-14/h2-12,21,27-28H,1H3,(H,29,32)(H2,26,30,33). The number of fused-ring (bicyclic) bond motifs is 3. The van der Waals surface area contributed by atoms with Crippen LogP contribution >= 0.6 is 0 Å². The van der Waals surface area contributed by atoms with E-state index in [-0.39, 0.29) is 11.8 Å². The molecule has 5 N–H and O–H groups in total. The van der Waals surface area contributed by atoms with Gasteiger partial charge in [-0.05, 0) is 53.6 Å². The Hall–Kier alpha value is -4.70. The fourth-order valence-electron chi connectivity index (χ4n) is 4.04. The van der Waals surface area contributed by atoms with Gasteiger partial charge < -0.3 is 15.5 Å². The molecule has 1 aromatic heterocycles. The summed E-state index contributed by atoms with van der Waals surface area (Å²) >= 11 is 0. The van der Waals surface area contributed by atoms with Crippen molar-refractivity contribution in [2.45, 2.75) is 6.04 Å². The molecule has 2 heterocycles.